The maximum atomic E-state index is 13.7. The van der Waals surface area contributed by atoms with Crippen LogP contribution in [0.2, 0.25) is 0 Å². The van der Waals surface area contributed by atoms with E-state index in [2.05, 4.69) is 5.32 Å². The van der Waals surface area contributed by atoms with Gasteiger partial charge in [-0.05, 0) is 44.0 Å². The highest BCUT2D eigenvalue weighted by atomic mass is 35.5. The summed E-state index contributed by atoms with van der Waals surface area (Å²) in [5.41, 5.74) is 0. The molecular weight excluding hydrogens is 334 g/mol. The van der Waals surface area contributed by atoms with E-state index in [9.17, 15) is 17.2 Å². The number of sulfonamides is 1. The molecule has 1 N–H and O–H groups in total. The molecule has 0 atom stereocenters. The van der Waals surface area contributed by atoms with E-state index in [1.807, 2.05) is 6.92 Å². The van der Waals surface area contributed by atoms with Crippen LogP contribution in [0.3, 0.4) is 0 Å². The molecule has 0 aromatic heterocycles. The summed E-state index contributed by atoms with van der Waals surface area (Å²) in [5, 5.41) is 3.25. The van der Waals surface area contributed by atoms with E-state index >= 15 is 0 Å². The van der Waals surface area contributed by atoms with Gasteiger partial charge in [0.05, 0.1) is 0 Å². The van der Waals surface area contributed by atoms with Crippen LogP contribution in [0.1, 0.15) is 19.8 Å². The van der Waals surface area contributed by atoms with Gasteiger partial charge >= 0.3 is 0 Å². The molecule has 1 aromatic rings. The topological polar surface area (TPSA) is 49.4 Å². The van der Waals surface area contributed by atoms with Crippen LogP contribution >= 0.6 is 12.4 Å². The predicted molar refractivity (Wildman–Crippen MR) is 83.6 cm³/mol. The van der Waals surface area contributed by atoms with Crippen molar-refractivity contribution in [1.82, 2.24) is 9.62 Å². The second-order valence-electron chi connectivity index (χ2n) is 5.23. The highest BCUT2D eigenvalue weighted by Gasteiger charge is 2.31. The summed E-state index contributed by atoms with van der Waals surface area (Å²) in [7, 11) is -3.88. The average molecular weight is 355 g/mol. The van der Waals surface area contributed by atoms with Crippen LogP contribution in [0.5, 0.6) is 0 Å². The van der Waals surface area contributed by atoms with Gasteiger partial charge in [0, 0.05) is 19.2 Å². The zero-order valence-electron chi connectivity index (χ0n) is 12.4. The summed E-state index contributed by atoms with van der Waals surface area (Å²) in [6.07, 6.45) is 1.49. The zero-order valence-corrected chi connectivity index (χ0v) is 14.0. The summed E-state index contributed by atoms with van der Waals surface area (Å²) in [6.45, 7) is 4.52. The average Bonchev–Trinajstić information content (AvgIpc) is 2.45. The monoisotopic (exact) mass is 354 g/mol. The van der Waals surface area contributed by atoms with Crippen molar-refractivity contribution < 1.29 is 17.2 Å². The van der Waals surface area contributed by atoms with Crippen LogP contribution in [0.4, 0.5) is 8.78 Å². The Bertz CT molecular complexity index is 591. The predicted octanol–water partition coefficient (Wildman–Crippen LogP) is 2.40. The van der Waals surface area contributed by atoms with Gasteiger partial charge in [-0.1, -0.05) is 6.92 Å². The molecule has 8 heteroatoms. The van der Waals surface area contributed by atoms with E-state index in [4.69, 9.17) is 0 Å². The first-order chi connectivity index (χ1) is 9.95. The summed E-state index contributed by atoms with van der Waals surface area (Å²) in [6, 6.07) is 2.56. The van der Waals surface area contributed by atoms with Gasteiger partial charge in [0.2, 0.25) is 10.0 Å². The molecule has 0 radical (unpaired) electrons. The number of halogens is 3. The molecule has 1 fully saturated rings. The van der Waals surface area contributed by atoms with Crippen molar-refractivity contribution in [1.29, 1.82) is 0 Å². The van der Waals surface area contributed by atoms with Gasteiger partial charge in [0.1, 0.15) is 16.5 Å². The number of hydrogen-bond acceptors (Lipinski definition) is 3. The number of nitrogens with one attached hydrogen (secondary N) is 1. The Hall–Kier alpha value is -0.760. The van der Waals surface area contributed by atoms with Crippen molar-refractivity contribution in [3.8, 4) is 0 Å². The Labute approximate surface area is 136 Å². The molecular formula is C14H21ClF2N2O2S. The van der Waals surface area contributed by atoms with Crippen molar-refractivity contribution in [2.24, 2.45) is 5.92 Å². The second-order valence-corrected chi connectivity index (χ2v) is 7.14. The molecule has 22 heavy (non-hydrogen) atoms. The molecule has 1 aromatic carbocycles. The third-order valence-corrected chi connectivity index (χ3v) is 5.70. The van der Waals surface area contributed by atoms with Gasteiger partial charge in [-0.15, -0.1) is 12.4 Å². The van der Waals surface area contributed by atoms with Gasteiger partial charge < -0.3 is 5.32 Å². The standard InChI is InChI=1S/C14H20F2N2O2S.ClH/c1-2-17-10-11-5-7-18(8-6-11)21(19,20)14-4-3-12(15)9-13(14)16;/h3-4,9,11,17H,2,5-8,10H2,1H3;1H. The van der Waals surface area contributed by atoms with Crippen LogP contribution in [0.15, 0.2) is 23.1 Å². The molecule has 0 aliphatic carbocycles. The largest absolute Gasteiger partial charge is 0.317 e. The van der Waals surface area contributed by atoms with E-state index in [1.54, 1.807) is 0 Å². The number of nitrogens with zero attached hydrogens (tertiary/aromatic N) is 1. The van der Waals surface area contributed by atoms with Crippen LogP contribution in [-0.2, 0) is 10.0 Å². The molecule has 2 rings (SSSR count). The van der Waals surface area contributed by atoms with Crippen LogP contribution in [-0.4, -0.2) is 38.9 Å². The second kappa shape index (κ2) is 8.19. The quantitative estimate of drug-likeness (QED) is 0.883. The Morgan fingerprint density at radius 2 is 1.91 bits per heavy atom. The normalized spacial score (nSPS) is 17.2. The minimum atomic E-state index is -3.88. The van der Waals surface area contributed by atoms with Crippen molar-refractivity contribution in [3.63, 3.8) is 0 Å². The first-order valence-electron chi connectivity index (χ1n) is 7.11. The van der Waals surface area contributed by atoms with Crippen molar-refractivity contribution >= 4 is 22.4 Å². The first kappa shape index (κ1) is 19.3. The van der Waals surface area contributed by atoms with Crippen LogP contribution in [0, 0.1) is 17.6 Å². The molecule has 1 saturated heterocycles. The fraction of sp³-hybridized carbons (Fsp3) is 0.571. The molecule has 0 amide bonds. The van der Waals surface area contributed by atoms with Gasteiger partial charge in [0.15, 0.2) is 0 Å². The van der Waals surface area contributed by atoms with Crippen LogP contribution < -0.4 is 5.32 Å². The SMILES string of the molecule is CCNCC1CCN(S(=O)(=O)c2ccc(F)cc2F)CC1.Cl. The lowest BCUT2D eigenvalue weighted by atomic mass is 9.98. The molecule has 1 aliphatic rings. The lowest BCUT2D eigenvalue weighted by molar-refractivity contribution is 0.268. The van der Waals surface area contributed by atoms with Gasteiger partial charge in [-0.3, -0.25) is 0 Å². The summed E-state index contributed by atoms with van der Waals surface area (Å²) in [4.78, 5) is -0.450. The lowest BCUT2D eigenvalue weighted by Gasteiger charge is -2.31. The fourth-order valence-electron chi connectivity index (χ4n) is 2.53. The Morgan fingerprint density at radius 3 is 2.45 bits per heavy atom. The highest BCUT2D eigenvalue weighted by molar-refractivity contribution is 7.89. The van der Waals surface area contributed by atoms with Crippen molar-refractivity contribution in [2.45, 2.75) is 24.7 Å². The van der Waals surface area contributed by atoms with E-state index in [0.717, 1.165) is 38.1 Å². The molecule has 0 saturated carbocycles. The molecule has 126 valence electrons. The van der Waals surface area contributed by atoms with E-state index in [1.165, 1.54) is 4.31 Å². The summed E-state index contributed by atoms with van der Waals surface area (Å²) in [5.74, 6) is -1.38. The third-order valence-electron chi connectivity index (χ3n) is 3.77. The lowest BCUT2D eigenvalue weighted by Crippen LogP contribution is -2.41. The van der Waals surface area contributed by atoms with Crippen LogP contribution in [0.25, 0.3) is 0 Å². The minimum absolute atomic E-state index is 0. The van der Waals surface area contributed by atoms with Gasteiger partial charge in [0.25, 0.3) is 0 Å². The number of benzene rings is 1. The highest BCUT2D eigenvalue weighted by Crippen LogP contribution is 2.25. The molecule has 0 spiro atoms. The van der Waals surface area contributed by atoms with Crippen molar-refractivity contribution in [3.05, 3.63) is 29.8 Å². The summed E-state index contributed by atoms with van der Waals surface area (Å²) < 4.78 is 52.6. The Balaban J connectivity index is 0.00000242. The molecule has 1 aliphatic heterocycles. The maximum absolute atomic E-state index is 13.7. The number of hydrogen-bond donors (Lipinski definition) is 1. The smallest absolute Gasteiger partial charge is 0.245 e. The molecule has 1 heterocycles. The number of piperidine rings is 1. The van der Waals surface area contributed by atoms with Gasteiger partial charge in [-0.25, -0.2) is 17.2 Å². The number of rotatable bonds is 5. The van der Waals surface area contributed by atoms with E-state index < -0.39 is 26.6 Å². The zero-order chi connectivity index (χ0) is 15.5. The fourth-order valence-corrected chi connectivity index (χ4v) is 4.04. The molecule has 0 bridgehead atoms. The van der Waals surface area contributed by atoms with E-state index in [-0.39, 0.29) is 12.4 Å². The maximum Gasteiger partial charge on any atom is 0.245 e. The van der Waals surface area contributed by atoms with E-state index in [0.29, 0.717) is 25.1 Å². The Morgan fingerprint density at radius 1 is 1.27 bits per heavy atom. The van der Waals surface area contributed by atoms with Gasteiger partial charge in [-0.2, -0.15) is 4.31 Å². The molecule has 0 unspecified atom stereocenters. The first-order valence-corrected chi connectivity index (χ1v) is 8.55. The Kier molecular flexibility index (Phi) is 7.18. The minimum Gasteiger partial charge on any atom is -0.317 e. The third kappa shape index (κ3) is 4.38. The van der Waals surface area contributed by atoms with Crippen molar-refractivity contribution in [2.75, 3.05) is 26.2 Å². The summed E-state index contributed by atoms with van der Waals surface area (Å²) >= 11 is 0. The molecule has 4 nitrogen and oxygen atoms in total.